The van der Waals surface area contributed by atoms with E-state index in [1.165, 1.54) is 0 Å². The van der Waals surface area contributed by atoms with Crippen LogP contribution in [0.2, 0.25) is 0 Å². The lowest BCUT2D eigenvalue weighted by Crippen LogP contribution is -1.93. The molecule has 0 heteroatoms. The Balaban J connectivity index is 0.000000206. The average Bonchev–Trinajstić information content (AvgIpc) is 0.682. The molecule has 0 N–H and O–H groups in total. The molecule has 0 unspecified atom stereocenters. The van der Waals surface area contributed by atoms with Crippen molar-refractivity contribution in [3.05, 3.63) is 338 Å². The van der Waals surface area contributed by atoms with Gasteiger partial charge in [-0.25, -0.2) is 0 Å². The summed E-state index contributed by atoms with van der Waals surface area (Å²) < 4.78 is 502. The SMILES string of the molecule is [2H]c1c([2H])c([2H])c(-c2c([2H])c([2H])c([2H])c([2H])c2-c2c3c([2H])c([2H])c([2H])c([2H])c3c(-c3c([2H])c([2H])c([2H])c4c(-c5c([2H])c([2H])c6c([2H])c([2H])c([2H])c([2H])c6c5[2H])c([2H])c([2H])c([2H])c34)c3c([2H])c([2H])c([2H])c([2H])c23)c([2H])c1[2H].[2H]c1c([2H])c([2H])c(-c2c3c([2H])c([2H])c([2H])c([2H])c3c(-c3c([2H])c([2H])c([2H])c4c(-c5c([2H])c([2H])c([2H])c6c([2H])c([2H])c([2H])c([2H])c56)c([2H])c([2H])c([2H])c34)c3c([2H])c([2H])c([2H])c([2H])c23)c([2H])c1[2H]. The first-order chi connectivity index (χ1) is 66.0. The highest BCUT2D eigenvalue weighted by Crippen LogP contribution is 2.50. The van der Waals surface area contributed by atoms with E-state index < -0.39 is 502 Å². The van der Waals surface area contributed by atoms with Gasteiger partial charge in [-0.1, -0.05) is 332 Å². The molecule has 0 spiro atoms. The van der Waals surface area contributed by atoms with Gasteiger partial charge in [0, 0.05) is 0 Å². The molecule has 0 radical (unpaired) electrons. The van der Waals surface area contributed by atoms with Crippen LogP contribution in [0.4, 0.5) is 0 Å². The molecule has 0 amide bonds. The monoisotopic (exact) mass is 1140 g/mol. The summed E-state index contributed by atoms with van der Waals surface area (Å²) in [5.41, 5.74) is -11.3. The summed E-state index contributed by atoms with van der Waals surface area (Å²) in [5.74, 6) is 0. The first kappa shape index (κ1) is 19.2. The van der Waals surface area contributed by atoms with Gasteiger partial charge < -0.3 is 0 Å². The maximum Gasteiger partial charge on any atom is 0.0636 e. The quantitative estimate of drug-likeness (QED) is 0.140. The zero-order chi connectivity index (χ0) is 106. The van der Waals surface area contributed by atoms with E-state index in [2.05, 4.69) is 0 Å². The Morgan fingerprint density at radius 1 is 0.140 bits per heavy atom. The summed E-state index contributed by atoms with van der Waals surface area (Å²) in [7, 11) is 0. The van der Waals surface area contributed by atoms with Crippen molar-refractivity contribution < 1.29 is 76.8 Å². The molecular weight excluding hydrogens is 1030 g/mol. The van der Waals surface area contributed by atoms with Gasteiger partial charge in [-0.15, -0.1) is 0 Å². The highest BCUT2D eigenvalue weighted by molar-refractivity contribution is 6.26. The number of rotatable bonds is 7. The van der Waals surface area contributed by atoms with E-state index in [1.807, 2.05) is 0 Å². The van der Waals surface area contributed by atoms with Crippen molar-refractivity contribution in [1.29, 1.82) is 0 Å². The predicted octanol–water partition coefficient (Wildman–Crippen LogP) is 24.3. The van der Waals surface area contributed by atoms with Gasteiger partial charge >= 0.3 is 0 Å². The van der Waals surface area contributed by atoms with Gasteiger partial charge in [-0.3, -0.25) is 0 Å². The third-order valence-corrected chi connectivity index (χ3v) is 13.8. The van der Waals surface area contributed by atoms with E-state index in [0.717, 1.165) is 0 Å². The minimum atomic E-state index is -1.13. The second-order valence-corrected chi connectivity index (χ2v) is 18.2. The van der Waals surface area contributed by atoms with Crippen LogP contribution in [0.25, 0.3) is 164 Å². The van der Waals surface area contributed by atoms with Gasteiger partial charge in [0.25, 0.3) is 0 Å². The molecule has 17 aromatic carbocycles. The summed E-state index contributed by atoms with van der Waals surface area (Å²) in [6, 6.07) is -55.3. The first-order valence-electron chi connectivity index (χ1n) is 53.2. The van der Waals surface area contributed by atoms with E-state index in [-0.39, 0.29) is 0 Å². The number of hydrogen-bond donors (Lipinski definition) is 0. The maximum atomic E-state index is 9.58. The van der Waals surface area contributed by atoms with Crippen LogP contribution >= 0.6 is 0 Å². The molecule has 0 aliphatic rings. The molecule has 400 valence electrons. The lowest BCUT2D eigenvalue weighted by Gasteiger charge is -2.20. The highest BCUT2D eigenvalue weighted by atomic mass is 14.3. The minimum absolute atomic E-state index is 0.593. The summed E-state index contributed by atoms with van der Waals surface area (Å²) in [6.07, 6.45) is 0. The van der Waals surface area contributed by atoms with Gasteiger partial charge in [-0.2, -0.15) is 0 Å². The Morgan fingerprint density at radius 3 is 0.965 bits per heavy atom. The maximum absolute atomic E-state index is 9.58. The first-order valence-corrected chi connectivity index (χ1v) is 25.2. The molecule has 0 aliphatic carbocycles. The second kappa shape index (κ2) is 21.5. The van der Waals surface area contributed by atoms with Crippen LogP contribution in [-0.4, -0.2) is 0 Å². The Kier molecular flexibility index (Phi) is 4.80. The molecule has 0 atom stereocenters. The average molecular weight is 1150 g/mol. The Labute approximate surface area is 579 Å². The van der Waals surface area contributed by atoms with Crippen molar-refractivity contribution in [1.82, 2.24) is 0 Å². The lowest BCUT2D eigenvalue weighted by atomic mass is 9.82. The topological polar surface area (TPSA) is 0 Å². The van der Waals surface area contributed by atoms with Gasteiger partial charge in [0.05, 0.1) is 76.8 Å². The lowest BCUT2D eigenvalue weighted by molar-refractivity contribution is 1.61. The third kappa shape index (κ3) is 8.61. The summed E-state index contributed by atoms with van der Waals surface area (Å²) in [5, 5.41) is -11.9. The smallest absolute Gasteiger partial charge is 0.0622 e. The molecule has 17 aromatic rings. The van der Waals surface area contributed by atoms with Crippen molar-refractivity contribution in [2.75, 3.05) is 0 Å². The van der Waals surface area contributed by atoms with Crippen LogP contribution in [0.1, 0.15) is 76.8 Å². The van der Waals surface area contributed by atoms with Crippen LogP contribution < -0.4 is 0 Å². The summed E-state index contributed by atoms with van der Waals surface area (Å²) in [4.78, 5) is 0. The van der Waals surface area contributed by atoms with E-state index in [9.17, 15) is 28.8 Å². The Morgan fingerprint density at radius 2 is 0.442 bits per heavy atom. The molecule has 17 rings (SSSR count). The normalized spacial score (nSPS) is 20.6. The fourth-order valence-electron chi connectivity index (χ4n) is 10.2. The van der Waals surface area contributed by atoms with Crippen LogP contribution in [0.5, 0.6) is 0 Å². The molecule has 0 fully saturated rings. The van der Waals surface area contributed by atoms with Crippen molar-refractivity contribution in [3.63, 3.8) is 0 Å². The largest absolute Gasteiger partial charge is 0.0636 e. The molecule has 0 heterocycles. The number of benzene rings is 17. The van der Waals surface area contributed by atoms with Crippen LogP contribution in [0, 0.1) is 0 Å². The van der Waals surface area contributed by atoms with Crippen molar-refractivity contribution >= 4 is 86.2 Å². The van der Waals surface area contributed by atoms with E-state index in [1.54, 1.807) is 0 Å². The molecular formula is C86H56. The molecule has 0 saturated heterocycles. The predicted molar refractivity (Wildman–Crippen MR) is 371 cm³/mol. The zero-order valence-corrected chi connectivity index (χ0v) is 43.0. The van der Waals surface area contributed by atoms with Gasteiger partial charge in [-0.05, 0) is 170 Å². The van der Waals surface area contributed by atoms with Crippen molar-refractivity contribution in [2.24, 2.45) is 0 Å². The van der Waals surface area contributed by atoms with Crippen molar-refractivity contribution in [2.45, 2.75) is 0 Å². The fraction of sp³-hybridized carbons (Fsp3) is 0. The number of fused-ring (bicyclic) bond motifs is 8. The van der Waals surface area contributed by atoms with Crippen LogP contribution in [-0.2, 0) is 0 Å². The van der Waals surface area contributed by atoms with Gasteiger partial charge in [0.15, 0.2) is 0 Å². The molecule has 0 aliphatic heterocycles. The van der Waals surface area contributed by atoms with Crippen molar-refractivity contribution in [3.8, 4) is 77.9 Å². The van der Waals surface area contributed by atoms with E-state index in [4.69, 9.17) is 48.0 Å². The zero-order valence-electron chi connectivity index (χ0n) is 99.0. The molecule has 0 aromatic heterocycles. The van der Waals surface area contributed by atoms with Crippen LogP contribution in [0.3, 0.4) is 0 Å². The number of hydrogen-bond acceptors (Lipinski definition) is 0. The Hall–Kier alpha value is -11.2. The molecule has 0 nitrogen and oxygen atoms in total. The van der Waals surface area contributed by atoms with Gasteiger partial charge in [0.2, 0.25) is 0 Å². The van der Waals surface area contributed by atoms with E-state index >= 15 is 0 Å². The molecule has 0 saturated carbocycles. The molecule has 86 heavy (non-hydrogen) atoms. The second-order valence-electron chi connectivity index (χ2n) is 18.2. The third-order valence-electron chi connectivity index (χ3n) is 13.8. The Bertz CT molecular complexity index is 8710. The fourth-order valence-corrected chi connectivity index (χ4v) is 10.2. The van der Waals surface area contributed by atoms with Crippen LogP contribution in [0.15, 0.2) is 338 Å². The standard InChI is InChI=1S/C46H30.C40H26/c1-2-15-32(16-3-1)35-18-6-7-19-39(35)45-41-20-8-10-22-43(41)46(44-23-11-9-21-42(44)45)40-27-13-25-37-36(24-12-26-38(37)40)34-29-28-31-14-4-5-17-33(31)30-34;1-2-14-28(15-3-1)39-35-18-6-8-20-37(35)40(38-21-9-7-19-36(38)39)34-26-12-24-32-31(23-11-25-33(32)34)30-22-10-16-27-13-4-5-17-29(27)30/h1-30H;1-26H/i1D,2D,3D,4D,5D,6D,7D,8D,9D,10D,11D,12D,13D,14D,15D,16D,17D,18D,19D,20D,21D,22D,23D,24D,25D,26D,27D,28D,29D,30D;1D,2D,3D,4D,5D,6D,7D,8D,9D,10D,11D,12D,13D,14D,15D,16D,17D,18D,19D,20D,21D,22D,23D,24D,25D,26D. The van der Waals surface area contributed by atoms with Gasteiger partial charge in [0.1, 0.15) is 0 Å². The highest BCUT2D eigenvalue weighted by Gasteiger charge is 2.22. The summed E-state index contributed by atoms with van der Waals surface area (Å²) in [6.45, 7) is 0. The minimum Gasteiger partial charge on any atom is -0.0622 e. The molecule has 0 bridgehead atoms. The van der Waals surface area contributed by atoms with E-state index in [0.29, 0.717) is 0 Å². The summed E-state index contributed by atoms with van der Waals surface area (Å²) >= 11 is 0.